The Kier molecular flexibility index (Phi) is 3.72. The Morgan fingerprint density at radius 3 is 2.62 bits per heavy atom. The van der Waals surface area contributed by atoms with E-state index in [0.717, 1.165) is 11.3 Å². The van der Waals surface area contributed by atoms with Gasteiger partial charge in [0.25, 0.3) is 0 Å². The molecular formula is C15H19N3O3. The van der Waals surface area contributed by atoms with Gasteiger partial charge in [-0.25, -0.2) is 9.78 Å². The Morgan fingerprint density at radius 2 is 2.05 bits per heavy atom. The van der Waals surface area contributed by atoms with E-state index >= 15 is 0 Å². The molecule has 0 aliphatic heterocycles. The molecule has 0 aliphatic carbocycles. The number of aromatic carboxylic acids is 1. The van der Waals surface area contributed by atoms with Crippen LogP contribution in [0.2, 0.25) is 0 Å². The third-order valence-corrected chi connectivity index (χ3v) is 3.58. The molecule has 6 heteroatoms. The van der Waals surface area contributed by atoms with Gasteiger partial charge in [-0.15, -0.1) is 0 Å². The lowest BCUT2D eigenvalue weighted by Crippen LogP contribution is -2.37. The van der Waals surface area contributed by atoms with Crippen LogP contribution in [0.15, 0.2) is 18.2 Å². The number of nitrogens with one attached hydrogen (secondary N) is 1. The molecule has 0 saturated carbocycles. The lowest BCUT2D eigenvalue weighted by molar-refractivity contribution is -0.129. The minimum Gasteiger partial charge on any atom is -0.478 e. The predicted octanol–water partition coefficient (Wildman–Crippen LogP) is 1.82. The molecule has 0 bridgehead atoms. The van der Waals surface area contributed by atoms with Gasteiger partial charge in [0, 0.05) is 13.6 Å². The van der Waals surface area contributed by atoms with E-state index in [-0.39, 0.29) is 11.5 Å². The molecule has 1 aromatic carbocycles. The van der Waals surface area contributed by atoms with Gasteiger partial charge >= 0.3 is 5.97 Å². The normalized spacial score (nSPS) is 11.6. The fourth-order valence-corrected chi connectivity index (χ4v) is 2.39. The van der Waals surface area contributed by atoms with Crippen molar-refractivity contribution in [2.45, 2.75) is 27.3 Å². The average Bonchev–Trinajstić information content (AvgIpc) is 2.72. The second kappa shape index (κ2) is 5.20. The Bertz CT molecular complexity index is 716. The van der Waals surface area contributed by atoms with Gasteiger partial charge in [0.2, 0.25) is 5.91 Å². The van der Waals surface area contributed by atoms with Crippen molar-refractivity contribution in [1.29, 1.82) is 0 Å². The number of rotatable bonds is 4. The molecule has 112 valence electrons. The SMILES string of the molecule is CNC(=O)C(C)(C)Cn1c(C)nc2cc(C(=O)O)ccc21. The number of benzene rings is 1. The monoisotopic (exact) mass is 289 g/mol. The van der Waals surface area contributed by atoms with Gasteiger partial charge in [0.1, 0.15) is 5.82 Å². The Hall–Kier alpha value is -2.37. The highest BCUT2D eigenvalue weighted by Gasteiger charge is 2.28. The van der Waals surface area contributed by atoms with E-state index in [1.807, 2.05) is 25.3 Å². The summed E-state index contributed by atoms with van der Waals surface area (Å²) in [7, 11) is 1.61. The number of aromatic nitrogens is 2. The summed E-state index contributed by atoms with van der Waals surface area (Å²) < 4.78 is 1.94. The number of hydrogen-bond acceptors (Lipinski definition) is 3. The molecule has 2 rings (SSSR count). The van der Waals surface area contributed by atoms with E-state index in [1.165, 1.54) is 0 Å². The summed E-state index contributed by atoms with van der Waals surface area (Å²) in [5.41, 5.74) is 1.07. The number of aryl methyl sites for hydroxylation is 1. The number of carboxylic acids is 1. The van der Waals surface area contributed by atoms with Crippen molar-refractivity contribution in [3.8, 4) is 0 Å². The van der Waals surface area contributed by atoms with E-state index < -0.39 is 11.4 Å². The van der Waals surface area contributed by atoms with Crippen molar-refractivity contribution in [3.63, 3.8) is 0 Å². The first-order valence-corrected chi connectivity index (χ1v) is 6.68. The van der Waals surface area contributed by atoms with Crippen LogP contribution in [0.5, 0.6) is 0 Å². The standard InChI is InChI=1S/C15H19N3O3/c1-9-17-11-7-10(13(19)20)5-6-12(11)18(9)8-15(2,3)14(21)16-4/h5-7H,8H2,1-4H3,(H,16,21)(H,19,20). The van der Waals surface area contributed by atoms with Gasteiger partial charge in [0.05, 0.1) is 22.0 Å². The second-order valence-electron chi connectivity index (χ2n) is 5.72. The van der Waals surface area contributed by atoms with Gasteiger partial charge in [-0.3, -0.25) is 4.79 Å². The van der Waals surface area contributed by atoms with Crippen LogP contribution in [0.1, 0.15) is 30.0 Å². The molecular weight excluding hydrogens is 270 g/mol. The Labute approximate surface area is 122 Å². The molecule has 0 atom stereocenters. The van der Waals surface area contributed by atoms with Crippen molar-refractivity contribution in [2.24, 2.45) is 5.41 Å². The van der Waals surface area contributed by atoms with Crippen LogP contribution in [0.25, 0.3) is 11.0 Å². The lowest BCUT2D eigenvalue weighted by atomic mass is 9.92. The highest BCUT2D eigenvalue weighted by atomic mass is 16.4. The number of nitrogens with zero attached hydrogens (tertiary/aromatic N) is 2. The number of amides is 1. The molecule has 21 heavy (non-hydrogen) atoms. The third-order valence-electron chi connectivity index (χ3n) is 3.58. The summed E-state index contributed by atoms with van der Waals surface area (Å²) in [6.45, 7) is 6.05. The van der Waals surface area contributed by atoms with Crippen LogP contribution < -0.4 is 5.32 Å². The van der Waals surface area contributed by atoms with Crippen molar-refractivity contribution < 1.29 is 14.7 Å². The zero-order valence-corrected chi connectivity index (χ0v) is 12.6. The van der Waals surface area contributed by atoms with Gasteiger partial charge < -0.3 is 15.0 Å². The average molecular weight is 289 g/mol. The van der Waals surface area contributed by atoms with Crippen molar-refractivity contribution in [2.75, 3.05) is 7.05 Å². The number of carbonyl (C=O) groups is 2. The summed E-state index contributed by atoms with van der Waals surface area (Å²) >= 11 is 0. The van der Waals surface area contributed by atoms with E-state index in [0.29, 0.717) is 12.1 Å². The fourth-order valence-electron chi connectivity index (χ4n) is 2.39. The van der Waals surface area contributed by atoms with Gasteiger partial charge in [-0.2, -0.15) is 0 Å². The molecule has 2 N–H and O–H groups in total. The van der Waals surface area contributed by atoms with Crippen LogP contribution in [0, 0.1) is 12.3 Å². The largest absolute Gasteiger partial charge is 0.478 e. The van der Waals surface area contributed by atoms with E-state index in [2.05, 4.69) is 10.3 Å². The minimum absolute atomic E-state index is 0.0501. The summed E-state index contributed by atoms with van der Waals surface area (Å²) in [5.74, 6) is -0.273. The van der Waals surface area contributed by atoms with Crippen LogP contribution in [-0.2, 0) is 11.3 Å². The molecule has 0 spiro atoms. The number of imidazole rings is 1. The molecule has 1 amide bonds. The second-order valence-corrected chi connectivity index (χ2v) is 5.72. The predicted molar refractivity (Wildman–Crippen MR) is 79.3 cm³/mol. The third kappa shape index (κ3) is 2.74. The first kappa shape index (κ1) is 15.0. The molecule has 0 unspecified atom stereocenters. The Morgan fingerprint density at radius 1 is 1.38 bits per heavy atom. The number of hydrogen-bond donors (Lipinski definition) is 2. The maximum absolute atomic E-state index is 11.9. The van der Waals surface area contributed by atoms with Crippen LogP contribution in [0.4, 0.5) is 0 Å². The molecule has 0 saturated heterocycles. The van der Waals surface area contributed by atoms with Crippen LogP contribution in [-0.4, -0.2) is 33.6 Å². The molecule has 0 radical (unpaired) electrons. The quantitative estimate of drug-likeness (QED) is 0.899. The maximum Gasteiger partial charge on any atom is 0.335 e. The zero-order chi connectivity index (χ0) is 15.8. The summed E-state index contributed by atoms with van der Waals surface area (Å²) in [6.07, 6.45) is 0. The molecule has 1 aromatic heterocycles. The highest BCUT2D eigenvalue weighted by Crippen LogP contribution is 2.24. The van der Waals surface area contributed by atoms with Crippen LogP contribution >= 0.6 is 0 Å². The molecule has 6 nitrogen and oxygen atoms in total. The van der Waals surface area contributed by atoms with Crippen LogP contribution in [0.3, 0.4) is 0 Å². The summed E-state index contributed by atoms with van der Waals surface area (Å²) in [6, 6.07) is 4.84. The topological polar surface area (TPSA) is 84.2 Å². The summed E-state index contributed by atoms with van der Waals surface area (Å²) in [4.78, 5) is 27.3. The first-order valence-electron chi connectivity index (χ1n) is 6.68. The van der Waals surface area contributed by atoms with Gasteiger partial charge in [-0.1, -0.05) is 0 Å². The van der Waals surface area contributed by atoms with E-state index in [9.17, 15) is 9.59 Å². The van der Waals surface area contributed by atoms with E-state index in [1.54, 1.807) is 25.2 Å². The first-order chi connectivity index (χ1) is 9.76. The van der Waals surface area contributed by atoms with Gasteiger partial charge in [0.15, 0.2) is 0 Å². The highest BCUT2D eigenvalue weighted by molar-refractivity contribution is 5.92. The molecule has 0 fully saturated rings. The van der Waals surface area contributed by atoms with E-state index in [4.69, 9.17) is 5.11 Å². The van der Waals surface area contributed by atoms with Crippen molar-refractivity contribution in [1.82, 2.24) is 14.9 Å². The number of carbonyl (C=O) groups excluding carboxylic acids is 1. The fraction of sp³-hybridized carbons (Fsp3) is 0.400. The molecule has 2 aromatic rings. The number of carboxylic acid groups (broad SMARTS) is 1. The molecule has 0 aliphatic rings. The Balaban J connectivity index is 2.48. The maximum atomic E-state index is 11.9. The lowest BCUT2D eigenvalue weighted by Gasteiger charge is -2.24. The van der Waals surface area contributed by atoms with Crippen molar-refractivity contribution >= 4 is 22.9 Å². The van der Waals surface area contributed by atoms with Crippen molar-refractivity contribution in [3.05, 3.63) is 29.6 Å². The van der Waals surface area contributed by atoms with Gasteiger partial charge in [-0.05, 0) is 39.0 Å². The minimum atomic E-state index is -0.977. The zero-order valence-electron chi connectivity index (χ0n) is 12.6. The summed E-state index contributed by atoms with van der Waals surface area (Å²) in [5, 5.41) is 11.7. The molecule has 1 heterocycles. The smallest absolute Gasteiger partial charge is 0.335 e. The number of fused-ring (bicyclic) bond motifs is 1.